The summed E-state index contributed by atoms with van der Waals surface area (Å²) in [5.41, 5.74) is 1.51. The zero-order chi connectivity index (χ0) is 16.2. The van der Waals surface area contributed by atoms with Crippen molar-refractivity contribution in [2.75, 3.05) is 6.61 Å². The van der Waals surface area contributed by atoms with Gasteiger partial charge in [0.15, 0.2) is 0 Å². The first-order valence-corrected chi connectivity index (χ1v) is 8.02. The lowest BCUT2D eigenvalue weighted by Gasteiger charge is -2.11. The number of hydrogen-bond acceptors (Lipinski definition) is 6. The molecule has 1 aliphatic heterocycles. The van der Waals surface area contributed by atoms with Crippen LogP contribution in [0.4, 0.5) is 0 Å². The van der Waals surface area contributed by atoms with Gasteiger partial charge in [0, 0.05) is 17.5 Å². The second kappa shape index (κ2) is 6.83. The van der Waals surface area contributed by atoms with E-state index in [0.717, 1.165) is 10.5 Å². The molecule has 2 aromatic rings. The maximum Gasteiger partial charge on any atom is 0.347 e. The van der Waals surface area contributed by atoms with E-state index in [9.17, 15) is 9.59 Å². The smallest absolute Gasteiger partial charge is 0.347 e. The Labute approximate surface area is 138 Å². The Morgan fingerprint density at radius 1 is 1.30 bits per heavy atom. The second-order valence-corrected chi connectivity index (χ2v) is 6.18. The first kappa shape index (κ1) is 15.6. The highest BCUT2D eigenvalue weighted by Crippen LogP contribution is 2.29. The van der Waals surface area contributed by atoms with Crippen LogP contribution in [0.1, 0.15) is 22.3 Å². The number of benzene rings is 1. The van der Waals surface area contributed by atoms with Crippen molar-refractivity contribution >= 4 is 23.7 Å². The zero-order valence-electron chi connectivity index (χ0n) is 12.5. The fourth-order valence-corrected chi connectivity index (χ4v) is 2.99. The van der Waals surface area contributed by atoms with E-state index in [0.29, 0.717) is 17.0 Å². The zero-order valence-corrected chi connectivity index (χ0v) is 13.3. The Morgan fingerprint density at radius 3 is 2.78 bits per heavy atom. The fraction of sp³-hybridized carbons (Fsp3) is 0.235. The van der Waals surface area contributed by atoms with E-state index in [1.807, 2.05) is 31.2 Å². The molecule has 1 aromatic carbocycles. The van der Waals surface area contributed by atoms with Gasteiger partial charge < -0.3 is 9.47 Å². The van der Waals surface area contributed by atoms with Crippen LogP contribution >= 0.6 is 11.8 Å². The maximum atomic E-state index is 12.3. The van der Waals surface area contributed by atoms with Crippen molar-refractivity contribution in [2.45, 2.75) is 29.4 Å². The van der Waals surface area contributed by atoms with Crippen LogP contribution in [0.15, 0.2) is 52.5 Å². The van der Waals surface area contributed by atoms with Gasteiger partial charge in [0.2, 0.25) is 6.10 Å². The molecule has 0 N–H and O–H groups in total. The number of pyridine rings is 1. The highest BCUT2D eigenvalue weighted by Gasteiger charge is 2.31. The molecule has 0 aliphatic carbocycles. The predicted molar refractivity (Wildman–Crippen MR) is 84.3 cm³/mol. The minimum atomic E-state index is -0.820. The Morgan fingerprint density at radius 2 is 2.09 bits per heavy atom. The van der Waals surface area contributed by atoms with Crippen LogP contribution in [0.5, 0.6) is 0 Å². The normalized spacial score (nSPS) is 16.9. The average Bonchev–Trinajstić information content (AvgIpc) is 2.95. The van der Waals surface area contributed by atoms with Gasteiger partial charge >= 0.3 is 11.9 Å². The molecule has 1 saturated heterocycles. The molecule has 0 amide bonds. The summed E-state index contributed by atoms with van der Waals surface area (Å²) in [6, 6.07) is 11.3. The molecular formula is C17H15NO4S. The number of carbonyl (C=O) groups is 2. The van der Waals surface area contributed by atoms with Crippen molar-refractivity contribution < 1.29 is 19.1 Å². The highest BCUT2D eigenvalue weighted by molar-refractivity contribution is 7.99. The van der Waals surface area contributed by atoms with Crippen LogP contribution in [0.2, 0.25) is 0 Å². The average molecular weight is 329 g/mol. The van der Waals surface area contributed by atoms with Crippen LogP contribution in [0.25, 0.3) is 0 Å². The van der Waals surface area contributed by atoms with Gasteiger partial charge in [-0.2, -0.15) is 0 Å². The van der Waals surface area contributed by atoms with Gasteiger partial charge in [0.25, 0.3) is 0 Å². The molecule has 1 atom stereocenters. The molecular weight excluding hydrogens is 314 g/mol. The Hall–Kier alpha value is -2.34. The summed E-state index contributed by atoms with van der Waals surface area (Å²) < 4.78 is 10.0. The van der Waals surface area contributed by atoms with Crippen molar-refractivity contribution in [2.24, 2.45) is 0 Å². The minimum absolute atomic E-state index is 0.287. The van der Waals surface area contributed by atoms with Crippen molar-refractivity contribution in [3.05, 3.63) is 53.7 Å². The summed E-state index contributed by atoms with van der Waals surface area (Å²) in [4.78, 5) is 29.0. The minimum Gasteiger partial charge on any atom is -0.463 e. The standard InChI is InChI=1S/C17H15NO4S/c1-11-4-6-12(7-5-11)23-15-13(3-2-9-18-15)16(19)22-14-8-10-21-17(14)20/h2-7,9,14H,8,10H2,1H3/t14-/m1/s1. The van der Waals surface area contributed by atoms with E-state index >= 15 is 0 Å². The molecule has 1 aromatic heterocycles. The number of carbonyl (C=O) groups excluding carboxylic acids is 2. The van der Waals surface area contributed by atoms with Gasteiger partial charge in [-0.05, 0) is 31.2 Å². The van der Waals surface area contributed by atoms with Crippen molar-refractivity contribution in [3.8, 4) is 0 Å². The third kappa shape index (κ3) is 3.71. The van der Waals surface area contributed by atoms with Crippen LogP contribution in [-0.2, 0) is 14.3 Å². The Balaban J connectivity index is 1.78. The number of esters is 2. The van der Waals surface area contributed by atoms with Gasteiger partial charge in [-0.1, -0.05) is 29.5 Å². The van der Waals surface area contributed by atoms with Gasteiger partial charge in [0.05, 0.1) is 12.2 Å². The van der Waals surface area contributed by atoms with Crippen LogP contribution in [0, 0.1) is 6.92 Å². The number of hydrogen-bond donors (Lipinski definition) is 0. The van der Waals surface area contributed by atoms with Crippen molar-refractivity contribution in [1.82, 2.24) is 4.98 Å². The van der Waals surface area contributed by atoms with Gasteiger partial charge in [0.1, 0.15) is 5.03 Å². The number of nitrogens with zero attached hydrogens (tertiary/aromatic N) is 1. The molecule has 1 fully saturated rings. The van der Waals surface area contributed by atoms with E-state index in [-0.39, 0.29) is 6.61 Å². The van der Waals surface area contributed by atoms with Gasteiger partial charge in [-0.15, -0.1) is 0 Å². The third-order valence-electron chi connectivity index (χ3n) is 3.36. The molecule has 1 aliphatic rings. The molecule has 0 unspecified atom stereocenters. The summed E-state index contributed by atoms with van der Waals surface area (Å²) in [5.74, 6) is -1.05. The number of ether oxygens (including phenoxy) is 2. The lowest BCUT2D eigenvalue weighted by molar-refractivity contribution is -0.145. The van der Waals surface area contributed by atoms with Gasteiger partial charge in [-0.25, -0.2) is 14.6 Å². The molecule has 6 heteroatoms. The predicted octanol–water partition coefficient (Wildman–Crippen LogP) is 3.01. The van der Waals surface area contributed by atoms with E-state index in [4.69, 9.17) is 9.47 Å². The summed E-state index contributed by atoms with van der Waals surface area (Å²) >= 11 is 1.38. The van der Waals surface area contributed by atoms with Gasteiger partial charge in [-0.3, -0.25) is 0 Å². The highest BCUT2D eigenvalue weighted by atomic mass is 32.2. The summed E-state index contributed by atoms with van der Waals surface area (Å²) in [6.45, 7) is 2.30. The number of aromatic nitrogens is 1. The molecule has 0 saturated carbocycles. The first-order valence-electron chi connectivity index (χ1n) is 7.20. The molecule has 0 radical (unpaired) electrons. The van der Waals surface area contributed by atoms with E-state index in [1.165, 1.54) is 11.8 Å². The topological polar surface area (TPSA) is 65.5 Å². The molecule has 3 rings (SSSR count). The van der Waals surface area contributed by atoms with E-state index < -0.39 is 18.0 Å². The number of cyclic esters (lactones) is 1. The molecule has 118 valence electrons. The van der Waals surface area contributed by atoms with Crippen molar-refractivity contribution in [3.63, 3.8) is 0 Å². The monoisotopic (exact) mass is 329 g/mol. The van der Waals surface area contributed by atoms with Crippen LogP contribution in [-0.4, -0.2) is 29.6 Å². The molecule has 0 spiro atoms. The largest absolute Gasteiger partial charge is 0.463 e. The van der Waals surface area contributed by atoms with Crippen LogP contribution < -0.4 is 0 Å². The third-order valence-corrected chi connectivity index (χ3v) is 4.39. The summed E-state index contributed by atoms with van der Waals surface area (Å²) in [6.07, 6.45) is 1.20. The SMILES string of the molecule is Cc1ccc(Sc2ncccc2C(=O)O[C@@H]2CCOC2=O)cc1. The molecule has 23 heavy (non-hydrogen) atoms. The molecule has 2 heterocycles. The number of aryl methyl sites for hydroxylation is 1. The fourth-order valence-electron chi connectivity index (χ4n) is 2.12. The lowest BCUT2D eigenvalue weighted by Crippen LogP contribution is -2.23. The Bertz CT molecular complexity index is 730. The summed E-state index contributed by atoms with van der Waals surface area (Å²) in [5, 5.41) is 0.549. The van der Waals surface area contributed by atoms with Crippen molar-refractivity contribution in [1.29, 1.82) is 0 Å². The molecule has 5 nitrogen and oxygen atoms in total. The first-order chi connectivity index (χ1) is 11.1. The van der Waals surface area contributed by atoms with E-state index in [2.05, 4.69) is 4.98 Å². The lowest BCUT2D eigenvalue weighted by atomic mass is 10.2. The number of rotatable bonds is 4. The quantitative estimate of drug-likeness (QED) is 0.803. The summed E-state index contributed by atoms with van der Waals surface area (Å²) in [7, 11) is 0. The molecule has 0 bridgehead atoms. The maximum absolute atomic E-state index is 12.3. The Kier molecular flexibility index (Phi) is 4.62. The van der Waals surface area contributed by atoms with E-state index in [1.54, 1.807) is 18.3 Å². The second-order valence-electron chi connectivity index (χ2n) is 5.12. The van der Waals surface area contributed by atoms with Crippen LogP contribution in [0.3, 0.4) is 0 Å².